The number of thioether (sulfide) groups is 1. The minimum Gasteiger partial charge on any atom is -0.496 e. The Labute approximate surface area is 116 Å². The van der Waals surface area contributed by atoms with Crippen LogP contribution >= 0.6 is 27.7 Å². The van der Waals surface area contributed by atoms with Crippen molar-refractivity contribution < 1.29 is 4.74 Å². The number of halogens is 1. The Bertz CT molecular complexity index is 397. The SMILES string of the molecule is CCCNC1CSCc2c(OC)ccc(Br)c21. The molecule has 0 spiro atoms. The lowest BCUT2D eigenvalue weighted by Crippen LogP contribution is -2.27. The molecule has 2 nitrogen and oxygen atoms in total. The van der Waals surface area contributed by atoms with Gasteiger partial charge in [-0.05, 0) is 30.7 Å². The number of hydrogen-bond donors (Lipinski definition) is 1. The molecule has 4 heteroatoms. The molecule has 1 aromatic rings. The fraction of sp³-hybridized carbons (Fsp3) is 0.538. The Hall–Kier alpha value is -0.190. The van der Waals surface area contributed by atoms with Gasteiger partial charge in [-0.1, -0.05) is 22.9 Å². The maximum Gasteiger partial charge on any atom is 0.123 e. The Morgan fingerprint density at radius 1 is 1.53 bits per heavy atom. The lowest BCUT2D eigenvalue weighted by Gasteiger charge is -2.28. The van der Waals surface area contributed by atoms with Gasteiger partial charge in [0.2, 0.25) is 0 Å². The van der Waals surface area contributed by atoms with Gasteiger partial charge < -0.3 is 10.1 Å². The van der Waals surface area contributed by atoms with Gasteiger partial charge in [0.15, 0.2) is 0 Å². The molecule has 0 aromatic heterocycles. The topological polar surface area (TPSA) is 21.3 Å². The molecule has 1 aliphatic rings. The van der Waals surface area contributed by atoms with Crippen LogP contribution in [0.4, 0.5) is 0 Å². The molecule has 0 amide bonds. The number of benzene rings is 1. The highest BCUT2D eigenvalue weighted by molar-refractivity contribution is 9.10. The quantitative estimate of drug-likeness (QED) is 0.914. The van der Waals surface area contributed by atoms with E-state index >= 15 is 0 Å². The van der Waals surface area contributed by atoms with Crippen LogP contribution in [-0.2, 0) is 5.75 Å². The number of rotatable bonds is 4. The Kier molecular flexibility index (Phi) is 4.77. The second-order valence-electron chi connectivity index (χ2n) is 4.16. The highest BCUT2D eigenvalue weighted by Crippen LogP contribution is 2.41. The molecule has 1 N–H and O–H groups in total. The smallest absolute Gasteiger partial charge is 0.123 e. The zero-order valence-electron chi connectivity index (χ0n) is 10.3. The van der Waals surface area contributed by atoms with Gasteiger partial charge in [0.25, 0.3) is 0 Å². The molecule has 1 unspecified atom stereocenters. The molecular weight excluding hydrogens is 298 g/mol. The summed E-state index contributed by atoms with van der Waals surface area (Å²) in [4.78, 5) is 0. The van der Waals surface area contributed by atoms with Gasteiger partial charge in [0.1, 0.15) is 5.75 Å². The van der Waals surface area contributed by atoms with E-state index in [2.05, 4.69) is 34.2 Å². The molecule has 1 aliphatic heterocycles. The van der Waals surface area contributed by atoms with Gasteiger partial charge in [-0.15, -0.1) is 0 Å². The van der Waals surface area contributed by atoms with E-state index in [1.165, 1.54) is 15.6 Å². The summed E-state index contributed by atoms with van der Waals surface area (Å²) in [5, 5.41) is 3.61. The van der Waals surface area contributed by atoms with Crippen molar-refractivity contribution in [1.82, 2.24) is 5.32 Å². The van der Waals surface area contributed by atoms with Crippen molar-refractivity contribution in [1.29, 1.82) is 0 Å². The van der Waals surface area contributed by atoms with Gasteiger partial charge >= 0.3 is 0 Å². The monoisotopic (exact) mass is 315 g/mol. The first-order chi connectivity index (χ1) is 8.27. The third-order valence-electron chi connectivity index (χ3n) is 3.00. The van der Waals surface area contributed by atoms with E-state index in [0.29, 0.717) is 6.04 Å². The van der Waals surface area contributed by atoms with Crippen molar-refractivity contribution in [2.45, 2.75) is 25.1 Å². The summed E-state index contributed by atoms with van der Waals surface area (Å²) in [6.07, 6.45) is 1.16. The van der Waals surface area contributed by atoms with E-state index in [1.807, 2.05) is 17.8 Å². The van der Waals surface area contributed by atoms with Crippen molar-refractivity contribution in [3.63, 3.8) is 0 Å². The summed E-state index contributed by atoms with van der Waals surface area (Å²) < 4.78 is 6.65. The first-order valence-electron chi connectivity index (χ1n) is 5.94. The average Bonchev–Trinajstić information content (AvgIpc) is 2.36. The third kappa shape index (κ3) is 2.80. The van der Waals surface area contributed by atoms with Gasteiger partial charge in [-0.2, -0.15) is 11.8 Å². The van der Waals surface area contributed by atoms with Gasteiger partial charge in [-0.3, -0.25) is 0 Å². The zero-order chi connectivity index (χ0) is 12.3. The molecule has 0 radical (unpaired) electrons. The number of hydrogen-bond acceptors (Lipinski definition) is 3. The van der Waals surface area contributed by atoms with Gasteiger partial charge in [-0.25, -0.2) is 0 Å². The summed E-state index contributed by atoms with van der Waals surface area (Å²) in [6.45, 7) is 3.26. The van der Waals surface area contributed by atoms with Gasteiger partial charge in [0.05, 0.1) is 7.11 Å². The van der Waals surface area contributed by atoms with Crippen molar-refractivity contribution >= 4 is 27.7 Å². The number of ether oxygens (including phenoxy) is 1. The largest absolute Gasteiger partial charge is 0.496 e. The van der Waals surface area contributed by atoms with Crippen LogP contribution < -0.4 is 10.1 Å². The summed E-state index contributed by atoms with van der Waals surface area (Å²) in [7, 11) is 1.75. The molecular formula is C13H18BrNOS. The number of fused-ring (bicyclic) bond motifs is 1. The summed E-state index contributed by atoms with van der Waals surface area (Å²) in [6, 6.07) is 4.58. The molecule has 1 aromatic carbocycles. The van der Waals surface area contributed by atoms with Crippen molar-refractivity contribution in [3.05, 3.63) is 27.7 Å². The zero-order valence-corrected chi connectivity index (χ0v) is 12.7. The van der Waals surface area contributed by atoms with Gasteiger partial charge in [0, 0.05) is 27.6 Å². The van der Waals surface area contributed by atoms with E-state index in [-0.39, 0.29) is 0 Å². The van der Waals surface area contributed by atoms with Crippen molar-refractivity contribution in [3.8, 4) is 5.75 Å². The van der Waals surface area contributed by atoms with Crippen LogP contribution in [0.3, 0.4) is 0 Å². The van der Waals surface area contributed by atoms with Crippen molar-refractivity contribution in [2.24, 2.45) is 0 Å². The van der Waals surface area contributed by atoms with E-state index in [9.17, 15) is 0 Å². The molecule has 1 heterocycles. The highest BCUT2D eigenvalue weighted by Gasteiger charge is 2.25. The predicted octanol–water partition coefficient (Wildman–Crippen LogP) is 3.75. The highest BCUT2D eigenvalue weighted by atomic mass is 79.9. The third-order valence-corrected chi connectivity index (χ3v) is 4.75. The number of methoxy groups -OCH3 is 1. The predicted molar refractivity (Wildman–Crippen MR) is 77.9 cm³/mol. The van der Waals surface area contributed by atoms with Crippen LogP contribution in [0, 0.1) is 0 Å². The number of nitrogens with one attached hydrogen (secondary N) is 1. The summed E-state index contributed by atoms with van der Waals surface area (Å²) in [5.74, 6) is 3.19. The minimum atomic E-state index is 0.438. The van der Waals surface area contributed by atoms with E-state index in [4.69, 9.17) is 4.74 Å². The van der Waals surface area contributed by atoms with Crippen LogP contribution in [0.1, 0.15) is 30.5 Å². The van der Waals surface area contributed by atoms with E-state index in [1.54, 1.807) is 7.11 Å². The molecule has 0 saturated heterocycles. The van der Waals surface area contributed by atoms with Crippen LogP contribution in [0.5, 0.6) is 5.75 Å². The average molecular weight is 316 g/mol. The van der Waals surface area contributed by atoms with E-state index in [0.717, 1.165) is 30.2 Å². The maximum atomic E-state index is 5.46. The minimum absolute atomic E-state index is 0.438. The first kappa shape index (κ1) is 13.2. The molecule has 0 aliphatic carbocycles. The lowest BCUT2D eigenvalue weighted by atomic mass is 10.0. The second-order valence-corrected chi connectivity index (χ2v) is 6.05. The molecule has 94 valence electrons. The van der Waals surface area contributed by atoms with Crippen LogP contribution in [-0.4, -0.2) is 19.4 Å². The fourth-order valence-electron chi connectivity index (χ4n) is 2.17. The second kappa shape index (κ2) is 6.12. The molecule has 17 heavy (non-hydrogen) atoms. The van der Waals surface area contributed by atoms with E-state index < -0.39 is 0 Å². The maximum absolute atomic E-state index is 5.46. The standard InChI is InChI=1S/C13H18BrNOS/c1-3-6-15-11-8-17-7-9-12(16-2)5-4-10(14)13(9)11/h4-5,11,15H,3,6-8H2,1-2H3. The van der Waals surface area contributed by atoms with Crippen LogP contribution in [0.2, 0.25) is 0 Å². The van der Waals surface area contributed by atoms with Crippen molar-refractivity contribution in [2.75, 3.05) is 19.4 Å². The molecule has 0 fully saturated rings. The van der Waals surface area contributed by atoms with Crippen LogP contribution in [0.25, 0.3) is 0 Å². The Balaban J connectivity index is 2.35. The lowest BCUT2D eigenvalue weighted by molar-refractivity contribution is 0.408. The normalized spacial score (nSPS) is 18.9. The van der Waals surface area contributed by atoms with Crippen LogP contribution in [0.15, 0.2) is 16.6 Å². The molecule has 2 rings (SSSR count). The first-order valence-corrected chi connectivity index (χ1v) is 7.89. The Morgan fingerprint density at radius 2 is 2.35 bits per heavy atom. The summed E-state index contributed by atoms with van der Waals surface area (Å²) in [5.41, 5.74) is 2.73. The molecule has 0 bridgehead atoms. The molecule has 0 saturated carbocycles. The fourth-order valence-corrected chi connectivity index (χ4v) is 3.96. The summed E-state index contributed by atoms with van der Waals surface area (Å²) >= 11 is 5.64. The molecule has 1 atom stereocenters. The Morgan fingerprint density at radius 3 is 3.06 bits per heavy atom.